The van der Waals surface area contributed by atoms with Gasteiger partial charge in [0.15, 0.2) is 5.69 Å². The zero-order valence-corrected chi connectivity index (χ0v) is 12.6. The molecule has 0 fully saturated rings. The number of hydrogen-bond donors (Lipinski definition) is 1. The molecule has 0 spiro atoms. The third kappa shape index (κ3) is 3.03. The summed E-state index contributed by atoms with van der Waals surface area (Å²) < 4.78 is 7.62. The molecule has 0 aliphatic heterocycles. The maximum atomic E-state index is 12.2. The molecule has 0 aliphatic carbocycles. The van der Waals surface area contributed by atoms with E-state index in [1.807, 2.05) is 0 Å². The van der Waals surface area contributed by atoms with E-state index in [1.165, 1.54) is 12.3 Å². The number of amides is 1. The van der Waals surface area contributed by atoms with Crippen molar-refractivity contribution in [2.75, 3.05) is 5.43 Å². The lowest BCUT2D eigenvalue weighted by Crippen LogP contribution is -2.32. The van der Waals surface area contributed by atoms with Gasteiger partial charge in [0, 0.05) is 18.3 Å². The predicted octanol–water partition coefficient (Wildman–Crippen LogP) is 0.477. The van der Waals surface area contributed by atoms with Gasteiger partial charge in [0.05, 0.1) is 12.2 Å². The van der Waals surface area contributed by atoms with Crippen LogP contribution < -0.4 is 11.0 Å². The summed E-state index contributed by atoms with van der Waals surface area (Å²) in [6, 6.07) is 6.35. The molecule has 0 unspecified atom stereocenters. The fourth-order valence-electron chi connectivity index (χ4n) is 2.05. The molecule has 0 saturated heterocycles. The molecule has 0 radical (unpaired) electrons. The van der Waals surface area contributed by atoms with Crippen LogP contribution in [0, 0.1) is 13.8 Å². The minimum atomic E-state index is -0.515. The van der Waals surface area contributed by atoms with Crippen LogP contribution in [0.3, 0.4) is 0 Å². The van der Waals surface area contributed by atoms with Crippen LogP contribution in [0.5, 0.6) is 0 Å². The molecule has 3 heterocycles. The molecular weight excluding hydrogens is 300 g/mol. The summed E-state index contributed by atoms with van der Waals surface area (Å²) >= 11 is 0. The molecule has 9 nitrogen and oxygen atoms in total. The first kappa shape index (κ1) is 14.7. The molecule has 0 saturated carbocycles. The number of aromatic nitrogens is 5. The number of rotatable bonds is 4. The second-order valence-electron chi connectivity index (χ2n) is 4.96. The van der Waals surface area contributed by atoms with Gasteiger partial charge < -0.3 is 4.52 Å². The molecule has 1 N–H and O–H groups in total. The first-order valence-corrected chi connectivity index (χ1v) is 6.86. The molecule has 3 aromatic heterocycles. The van der Waals surface area contributed by atoms with Crippen LogP contribution in [0.1, 0.15) is 27.6 Å². The number of nitrogens with zero attached hydrogens (tertiary/aromatic N) is 5. The Hall–Kier alpha value is -3.23. The zero-order valence-electron chi connectivity index (χ0n) is 12.6. The van der Waals surface area contributed by atoms with E-state index in [4.69, 9.17) is 4.52 Å². The predicted molar refractivity (Wildman–Crippen MR) is 79.5 cm³/mol. The van der Waals surface area contributed by atoms with Crippen LogP contribution in [-0.4, -0.2) is 30.7 Å². The van der Waals surface area contributed by atoms with Crippen molar-refractivity contribution in [1.29, 1.82) is 0 Å². The SMILES string of the molecule is Cc1cc(Cn2nnc(C(=O)Nn3ccccc3=O)c2C)no1. The third-order valence-electron chi connectivity index (χ3n) is 3.23. The van der Waals surface area contributed by atoms with E-state index in [0.717, 1.165) is 4.68 Å². The molecule has 0 bridgehead atoms. The average Bonchev–Trinajstić information content (AvgIpc) is 3.09. The second-order valence-corrected chi connectivity index (χ2v) is 4.96. The van der Waals surface area contributed by atoms with E-state index in [2.05, 4.69) is 20.9 Å². The normalized spacial score (nSPS) is 10.7. The van der Waals surface area contributed by atoms with Gasteiger partial charge in [0.1, 0.15) is 11.5 Å². The maximum absolute atomic E-state index is 12.2. The topological polar surface area (TPSA) is 108 Å². The van der Waals surface area contributed by atoms with Gasteiger partial charge in [-0.05, 0) is 19.9 Å². The van der Waals surface area contributed by atoms with Gasteiger partial charge in [0.25, 0.3) is 11.5 Å². The molecule has 118 valence electrons. The van der Waals surface area contributed by atoms with Gasteiger partial charge in [-0.15, -0.1) is 5.10 Å². The van der Waals surface area contributed by atoms with Gasteiger partial charge in [-0.2, -0.15) is 0 Å². The zero-order chi connectivity index (χ0) is 16.4. The Morgan fingerprint density at radius 2 is 2.17 bits per heavy atom. The minimum absolute atomic E-state index is 0.140. The quantitative estimate of drug-likeness (QED) is 0.750. The Bertz CT molecular complexity index is 907. The van der Waals surface area contributed by atoms with Gasteiger partial charge in [0.2, 0.25) is 0 Å². The molecule has 3 rings (SSSR count). The number of hydrogen-bond acceptors (Lipinski definition) is 6. The van der Waals surface area contributed by atoms with E-state index in [1.54, 1.807) is 36.7 Å². The largest absolute Gasteiger partial charge is 0.361 e. The first-order chi connectivity index (χ1) is 11.0. The fourth-order valence-corrected chi connectivity index (χ4v) is 2.05. The van der Waals surface area contributed by atoms with Crippen LogP contribution in [-0.2, 0) is 6.54 Å². The van der Waals surface area contributed by atoms with E-state index in [-0.39, 0.29) is 11.3 Å². The summed E-state index contributed by atoms with van der Waals surface area (Å²) in [4.78, 5) is 23.8. The maximum Gasteiger partial charge on any atom is 0.292 e. The Morgan fingerprint density at radius 1 is 1.35 bits per heavy atom. The number of carbonyl (C=O) groups excluding carboxylic acids is 1. The molecule has 0 atom stereocenters. The van der Waals surface area contributed by atoms with Crippen molar-refractivity contribution in [2.45, 2.75) is 20.4 Å². The lowest BCUT2D eigenvalue weighted by Gasteiger charge is -2.06. The summed E-state index contributed by atoms with van der Waals surface area (Å²) in [5.41, 5.74) is 3.50. The highest BCUT2D eigenvalue weighted by atomic mass is 16.5. The van der Waals surface area contributed by atoms with Gasteiger partial charge >= 0.3 is 0 Å². The van der Waals surface area contributed by atoms with E-state index < -0.39 is 5.91 Å². The molecule has 3 aromatic rings. The van der Waals surface area contributed by atoms with Crippen LogP contribution in [0.4, 0.5) is 0 Å². The van der Waals surface area contributed by atoms with E-state index >= 15 is 0 Å². The van der Waals surface area contributed by atoms with Crippen molar-refractivity contribution >= 4 is 5.91 Å². The Labute approximate surface area is 130 Å². The smallest absolute Gasteiger partial charge is 0.292 e. The highest BCUT2D eigenvalue weighted by Crippen LogP contribution is 2.08. The van der Waals surface area contributed by atoms with Gasteiger partial charge in [-0.3, -0.25) is 15.0 Å². The Morgan fingerprint density at radius 3 is 2.87 bits per heavy atom. The number of carbonyl (C=O) groups is 1. The van der Waals surface area contributed by atoms with Crippen LogP contribution in [0.25, 0.3) is 0 Å². The molecule has 0 aromatic carbocycles. The minimum Gasteiger partial charge on any atom is -0.361 e. The molecule has 1 amide bonds. The number of aryl methyl sites for hydroxylation is 1. The van der Waals surface area contributed by atoms with Crippen LogP contribution >= 0.6 is 0 Å². The van der Waals surface area contributed by atoms with Crippen molar-refractivity contribution in [3.05, 3.63) is 63.7 Å². The summed E-state index contributed by atoms with van der Waals surface area (Å²) in [5, 5.41) is 11.7. The van der Waals surface area contributed by atoms with Crippen LogP contribution in [0.2, 0.25) is 0 Å². The average molecular weight is 314 g/mol. The molecule has 0 aliphatic rings. The first-order valence-electron chi connectivity index (χ1n) is 6.86. The molecule has 9 heteroatoms. The summed E-state index contributed by atoms with van der Waals surface area (Å²) in [7, 11) is 0. The van der Waals surface area contributed by atoms with E-state index in [9.17, 15) is 9.59 Å². The third-order valence-corrected chi connectivity index (χ3v) is 3.23. The molecule has 23 heavy (non-hydrogen) atoms. The monoisotopic (exact) mass is 314 g/mol. The van der Waals surface area contributed by atoms with Crippen molar-refractivity contribution in [1.82, 2.24) is 24.8 Å². The van der Waals surface area contributed by atoms with Crippen molar-refractivity contribution in [2.24, 2.45) is 0 Å². The highest BCUT2D eigenvalue weighted by Gasteiger charge is 2.17. The Balaban J connectivity index is 1.80. The Kier molecular flexibility index (Phi) is 3.75. The summed E-state index contributed by atoms with van der Waals surface area (Å²) in [5.74, 6) is 0.178. The fraction of sp³-hybridized carbons (Fsp3) is 0.214. The lowest BCUT2D eigenvalue weighted by molar-refractivity contribution is 0.100. The van der Waals surface area contributed by atoms with Crippen molar-refractivity contribution < 1.29 is 9.32 Å². The van der Waals surface area contributed by atoms with Crippen LogP contribution in [0.15, 0.2) is 39.8 Å². The van der Waals surface area contributed by atoms with Gasteiger partial charge in [-0.25, -0.2) is 9.36 Å². The lowest BCUT2D eigenvalue weighted by atomic mass is 10.3. The second kappa shape index (κ2) is 5.87. The summed E-state index contributed by atoms with van der Waals surface area (Å²) in [6.07, 6.45) is 1.46. The summed E-state index contributed by atoms with van der Waals surface area (Å²) in [6.45, 7) is 3.85. The number of pyridine rings is 1. The highest BCUT2D eigenvalue weighted by molar-refractivity contribution is 5.99. The number of nitrogens with one attached hydrogen (secondary N) is 1. The standard InChI is InChI=1S/C14H14N6O3/c1-9-7-11(17-23-9)8-20-10(2)13(15-18-20)14(22)16-19-6-4-3-5-12(19)21/h3-7H,8H2,1-2H3,(H,16,22). The van der Waals surface area contributed by atoms with Crippen molar-refractivity contribution in [3.63, 3.8) is 0 Å². The van der Waals surface area contributed by atoms with Crippen molar-refractivity contribution in [3.8, 4) is 0 Å². The van der Waals surface area contributed by atoms with E-state index in [0.29, 0.717) is 23.7 Å². The molecular formula is C14H14N6O3. The van der Waals surface area contributed by atoms with Gasteiger partial charge in [-0.1, -0.05) is 16.4 Å².